The number of nitrogens with zero attached hydrogens (tertiary/aromatic N) is 4. The summed E-state index contributed by atoms with van der Waals surface area (Å²) in [7, 11) is 0. The van der Waals surface area contributed by atoms with E-state index in [1.165, 1.54) is 24.6 Å². The summed E-state index contributed by atoms with van der Waals surface area (Å²) >= 11 is 1.30. The van der Waals surface area contributed by atoms with Crippen molar-refractivity contribution >= 4 is 16.7 Å². The van der Waals surface area contributed by atoms with Crippen LogP contribution in [0.2, 0.25) is 0 Å². The molecule has 3 fully saturated rings. The maximum Gasteiger partial charge on any atom is 0.199 e. The number of piperazine rings is 3. The molecule has 0 aliphatic carbocycles. The van der Waals surface area contributed by atoms with Gasteiger partial charge in [0.25, 0.3) is 0 Å². The summed E-state index contributed by atoms with van der Waals surface area (Å²) in [5, 5.41) is 0.581. The van der Waals surface area contributed by atoms with E-state index < -0.39 is 0 Å². The van der Waals surface area contributed by atoms with Crippen LogP contribution in [0.4, 0.5) is 5.13 Å². The summed E-state index contributed by atoms with van der Waals surface area (Å²) in [5.41, 5.74) is 5.60. The first kappa shape index (κ1) is 8.58. The van der Waals surface area contributed by atoms with Gasteiger partial charge in [0.1, 0.15) is 0 Å². The monoisotopic (exact) mass is 211 g/mol. The minimum atomic E-state index is 0.381. The fraction of sp³-hybridized carbons (Fsp3) is 0.750. The van der Waals surface area contributed by atoms with E-state index in [0.29, 0.717) is 11.2 Å². The zero-order chi connectivity index (χ0) is 9.54. The van der Waals surface area contributed by atoms with Crippen LogP contribution in [0.1, 0.15) is 11.9 Å². The molecule has 4 heterocycles. The van der Waals surface area contributed by atoms with Crippen LogP contribution >= 0.6 is 11.5 Å². The number of hydrogen-bond acceptors (Lipinski definition) is 6. The minimum absolute atomic E-state index is 0.381. The molecule has 3 aliphatic heterocycles. The van der Waals surface area contributed by atoms with Gasteiger partial charge in [-0.15, -0.1) is 0 Å². The highest BCUT2D eigenvalue weighted by atomic mass is 32.1. The van der Waals surface area contributed by atoms with Crippen molar-refractivity contribution in [3.05, 3.63) is 5.82 Å². The molecular weight excluding hydrogens is 198 g/mol. The molecule has 5 nitrogen and oxygen atoms in total. The van der Waals surface area contributed by atoms with E-state index in [-0.39, 0.29) is 0 Å². The van der Waals surface area contributed by atoms with Crippen molar-refractivity contribution in [3.63, 3.8) is 0 Å². The second kappa shape index (κ2) is 3.15. The fourth-order valence-electron chi connectivity index (χ4n) is 2.25. The molecule has 1 unspecified atom stereocenters. The highest BCUT2D eigenvalue weighted by Gasteiger charge is 2.34. The molecule has 6 heteroatoms. The Balaban J connectivity index is 1.85. The number of aromatic nitrogens is 2. The number of fused-ring (bicyclic) bond motifs is 3. The largest absolute Gasteiger partial charge is 0.374 e. The van der Waals surface area contributed by atoms with Gasteiger partial charge in [-0.05, 0) is 0 Å². The van der Waals surface area contributed by atoms with E-state index in [0.717, 1.165) is 25.5 Å². The minimum Gasteiger partial charge on any atom is -0.374 e. The van der Waals surface area contributed by atoms with E-state index in [9.17, 15) is 0 Å². The quantitative estimate of drug-likeness (QED) is 0.696. The third-order valence-electron chi connectivity index (χ3n) is 3.03. The standard InChI is InChI=1S/C8H13N5S/c9-8-10-7(11-14-8)6-5-12-1-3-13(6)4-2-12/h6H,1-5H2,(H2,9,10,11). The summed E-state index contributed by atoms with van der Waals surface area (Å²) in [4.78, 5) is 9.20. The molecule has 0 amide bonds. The summed E-state index contributed by atoms with van der Waals surface area (Å²) < 4.78 is 4.30. The van der Waals surface area contributed by atoms with Gasteiger partial charge in [-0.2, -0.15) is 4.37 Å². The average molecular weight is 211 g/mol. The average Bonchev–Trinajstić information content (AvgIpc) is 2.66. The predicted molar refractivity (Wildman–Crippen MR) is 55.1 cm³/mol. The van der Waals surface area contributed by atoms with E-state index in [4.69, 9.17) is 5.73 Å². The van der Waals surface area contributed by atoms with E-state index in [1.807, 2.05) is 0 Å². The molecule has 1 aromatic heterocycles. The molecule has 1 aromatic rings. The topological polar surface area (TPSA) is 58.3 Å². The van der Waals surface area contributed by atoms with Crippen LogP contribution in [-0.4, -0.2) is 51.9 Å². The van der Waals surface area contributed by atoms with Crippen molar-refractivity contribution in [2.45, 2.75) is 6.04 Å². The molecule has 3 saturated heterocycles. The van der Waals surface area contributed by atoms with Crippen molar-refractivity contribution < 1.29 is 0 Å². The van der Waals surface area contributed by atoms with Crippen LogP contribution in [0, 0.1) is 0 Å². The summed E-state index contributed by atoms with van der Waals surface area (Å²) in [6.07, 6.45) is 0. The molecule has 0 radical (unpaired) electrons. The second-order valence-electron chi connectivity index (χ2n) is 3.84. The third-order valence-corrected chi connectivity index (χ3v) is 3.59. The van der Waals surface area contributed by atoms with E-state index in [2.05, 4.69) is 19.2 Å². The molecule has 14 heavy (non-hydrogen) atoms. The van der Waals surface area contributed by atoms with Gasteiger partial charge in [0.15, 0.2) is 11.0 Å². The van der Waals surface area contributed by atoms with Crippen LogP contribution < -0.4 is 5.73 Å². The molecule has 2 N–H and O–H groups in total. The van der Waals surface area contributed by atoms with Gasteiger partial charge in [-0.25, -0.2) is 4.98 Å². The third kappa shape index (κ3) is 1.30. The van der Waals surface area contributed by atoms with Crippen molar-refractivity contribution in [3.8, 4) is 0 Å². The maximum atomic E-state index is 5.60. The van der Waals surface area contributed by atoms with Crippen LogP contribution in [-0.2, 0) is 0 Å². The lowest BCUT2D eigenvalue weighted by Crippen LogP contribution is -2.57. The molecule has 1 atom stereocenters. The van der Waals surface area contributed by atoms with Crippen LogP contribution in [0.25, 0.3) is 0 Å². The first-order valence-electron chi connectivity index (χ1n) is 4.88. The lowest BCUT2D eigenvalue weighted by Gasteiger charge is -2.46. The summed E-state index contributed by atoms with van der Waals surface area (Å²) in [6, 6.07) is 0.381. The summed E-state index contributed by atoms with van der Waals surface area (Å²) in [6.45, 7) is 5.73. The number of nitrogen functional groups attached to an aromatic ring is 1. The molecule has 0 aromatic carbocycles. The van der Waals surface area contributed by atoms with Crippen molar-refractivity contribution in [1.29, 1.82) is 0 Å². The first-order valence-corrected chi connectivity index (χ1v) is 5.66. The highest BCUT2D eigenvalue weighted by molar-refractivity contribution is 7.09. The van der Waals surface area contributed by atoms with Crippen molar-refractivity contribution in [2.24, 2.45) is 0 Å². The Morgan fingerprint density at radius 1 is 1.29 bits per heavy atom. The first-order chi connectivity index (χ1) is 6.83. The number of nitrogens with two attached hydrogens (primary N) is 1. The SMILES string of the molecule is Nc1nc(C2CN3CCN2CC3)ns1. The number of hydrogen-bond donors (Lipinski definition) is 1. The molecule has 3 aliphatic rings. The predicted octanol–water partition coefficient (Wildman–Crippen LogP) is -0.207. The Morgan fingerprint density at radius 2 is 2.07 bits per heavy atom. The van der Waals surface area contributed by atoms with Crippen molar-refractivity contribution in [2.75, 3.05) is 38.5 Å². The Kier molecular flexibility index (Phi) is 1.93. The van der Waals surface area contributed by atoms with Gasteiger partial charge in [-0.1, -0.05) is 0 Å². The Labute approximate surface area is 86.7 Å². The van der Waals surface area contributed by atoms with E-state index >= 15 is 0 Å². The van der Waals surface area contributed by atoms with Crippen LogP contribution in [0.15, 0.2) is 0 Å². The normalized spacial score (nSPS) is 36.1. The lowest BCUT2D eigenvalue weighted by atomic mass is 10.1. The maximum absolute atomic E-state index is 5.60. The highest BCUT2D eigenvalue weighted by Crippen LogP contribution is 2.27. The molecule has 0 spiro atoms. The number of rotatable bonds is 1. The fourth-order valence-corrected chi connectivity index (χ4v) is 2.73. The molecule has 0 saturated carbocycles. The van der Waals surface area contributed by atoms with E-state index in [1.54, 1.807) is 0 Å². The van der Waals surface area contributed by atoms with Crippen LogP contribution in [0.3, 0.4) is 0 Å². The van der Waals surface area contributed by atoms with Gasteiger partial charge in [0.2, 0.25) is 0 Å². The Hall–Kier alpha value is -0.720. The smallest absolute Gasteiger partial charge is 0.199 e. The van der Waals surface area contributed by atoms with Gasteiger partial charge in [0, 0.05) is 44.3 Å². The summed E-state index contributed by atoms with van der Waals surface area (Å²) in [5.74, 6) is 0.914. The zero-order valence-corrected chi connectivity index (χ0v) is 8.70. The molecule has 76 valence electrons. The van der Waals surface area contributed by atoms with Gasteiger partial charge >= 0.3 is 0 Å². The molecular formula is C8H13N5S. The Bertz CT molecular complexity index is 330. The van der Waals surface area contributed by atoms with Gasteiger partial charge in [0.05, 0.1) is 6.04 Å². The van der Waals surface area contributed by atoms with Crippen LogP contribution in [0.5, 0.6) is 0 Å². The Morgan fingerprint density at radius 3 is 2.57 bits per heavy atom. The van der Waals surface area contributed by atoms with Gasteiger partial charge in [-0.3, -0.25) is 9.80 Å². The van der Waals surface area contributed by atoms with Crippen molar-refractivity contribution in [1.82, 2.24) is 19.2 Å². The number of anilines is 1. The lowest BCUT2D eigenvalue weighted by molar-refractivity contribution is 0.00918. The molecule has 4 rings (SSSR count). The molecule has 2 bridgehead atoms. The van der Waals surface area contributed by atoms with Gasteiger partial charge < -0.3 is 5.73 Å². The zero-order valence-electron chi connectivity index (χ0n) is 7.89. The second-order valence-corrected chi connectivity index (χ2v) is 4.63.